The van der Waals surface area contributed by atoms with Crippen LogP contribution in [0, 0.1) is 6.92 Å². The maximum Gasteiger partial charge on any atom is 0.233 e. The van der Waals surface area contributed by atoms with Crippen LogP contribution in [0.4, 0.5) is 0 Å². The molecule has 0 fully saturated rings. The maximum atomic E-state index is 12.4. The molecule has 3 rings (SSSR count). The zero-order chi connectivity index (χ0) is 17.8. The molecule has 0 aliphatic carbocycles. The number of hydrogen-bond donors (Lipinski definition) is 1. The van der Waals surface area contributed by atoms with Crippen LogP contribution in [0.3, 0.4) is 0 Å². The number of amides is 1. The number of carbonyl (C=O) groups excluding carboxylic acids is 1. The summed E-state index contributed by atoms with van der Waals surface area (Å²) < 4.78 is 0. The number of aryl methyl sites for hydroxylation is 1. The van der Waals surface area contributed by atoms with Gasteiger partial charge in [-0.25, -0.2) is 9.97 Å². The molecule has 0 saturated heterocycles. The second kappa shape index (κ2) is 7.85. The molecule has 0 radical (unpaired) electrons. The topological polar surface area (TPSA) is 54.9 Å². The largest absolute Gasteiger partial charge is 0.351 e. The van der Waals surface area contributed by atoms with Crippen molar-refractivity contribution in [2.75, 3.05) is 0 Å². The minimum absolute atomic E-state index is 0.0507. The summed E-state index contributed by atoms with van der Waals surface area (Å²) in [7, 11) is 0. The highest BCUT2D eigenvalue weighted by atomic mass is 35.5. The van der Waals surface area contributed by atoms with E-state index in [1.54, 1.807) is 0 Å². The first-order valence-corrected chi connectivity index (χ1v) is 9.21. The number of nitrogens with one attached hydrogen (secondary N) is 1. The van der Waals surface area contributed by atoms with Gasteiger partial charge in [-0.1, -0.05) is 59.8 Å². The number of nitrogens with zero attached hydrogens (tertiary/aromatic N) is 2. The summed E-state index contributed by atoms with van der Waals surface area (Å²) in [4.78, 5) is 21.4. The predicted octanol–water partition coefficient (Wildman–Crippen LogP) is 4.39. The van der Waals surface area contributed by atoms with E-state index in [1.807, 2.05) is 62.4 Å². The molecule has 1 unspecified atom stereocenters. The van der Waals surface area contributed by atoms with Crippen LogP contribution in [-0.4, -0.2) is 21.1 Å². The molecule has 1 N–H and O–H groups in total. The van der Waals surface area contributed by atoms with Gasteiger partial charge in [-0.2, -0.15) is 0 Å². The van der Waals surface area contributed by atoms with Crippen LogP contribution < -0.4 is 5.32 Å². The number of thioether (sulfide) groups is 1. The van der Waals surface area contributed by atoms with E-state index in [-0.39, 0.29) is 11.2 Å². The van der Waals surface area contributed by atoms with Gasteiger partial charge in [0.2, 0.25) is 5.91 Å². The molecule has 0 aliphatic heterocycles. The van der Waals surface area contributed by atoms with E-state index in [0.29, 0.717) is 17.4 Å². The Balaban J connectivity index is 1.71. The van der Waals surface area contributed by atoms with Crippen LogP contribution in [0.5, 0.6) is 0 Å². The van der Waals surface area contributed by atoms with Crippen molar-refractivity contribution in [2.24, 2.45) is 0 Å². The fourth-order valence-corrected chi connectivity index (χ4v) is 3.65. The van der Waals surface area contributed by atoms with Gasteiger partial charge in [0.1, 0.15) is 10.9 Å². The summed E-state index contributed by atoms with van der Waals surface area (Å²) in [5, 5.41) is 5.10. The second-order valence-corrected chi connectivity index (χ2v) is 7.40. The van der Waals surface area contributed by atoms with Crippen molar-refractivity contribution in [3.63, 3.8) is 0 Å². The first-order chi connectivity index (χ1) is 12.0. The molecule has 4 nitrogen and oxygen atoms in total. The highest BCUT2D eigenvalue weighted by molar-refractivity contribution is 8.00. The summed E-state index contributed by atoms with van der Waals surface area (Å²) in [6.07, 6.45) is 0. The van der Waals surface area contributed by atoms with Crippen LogP contribution in [0.15, 0.2) is 53.6 Å². The van der Waals surface area contributed by atoms with Crippen LogP contribution in [0.25, 0.3) is 10.9 Å². The van der Waals surface area contributed by atoms with Crippen molar-refractivity contribution in [2.45, 2.75) is 30.7 Å². The fourth-order valence-electron chi connectivity index (χ4n) is 2.44. The number of benzene rings is 2. The van der Waals surface area contributed by atoms with Crippen molar-refractivity contribution in [1.29, 1.82) is 0 Å². The van der Waals surface area contributed by atoms with E-state index in [4.69, 9.17) is 11.6 Å². The van der Waals surface area contributed by atoms with Gasteiger partial charge >= 0.3 is 0 Å². The van der Waals surface area contributed by atoms with Gasteiger partial charge in [-0.05, 0) is 31.5 Å². The third kappa shape index (κ3) is 4.30. The quantitative estimate of drug-likeness (QED) is 0.534. The lowest BCUT2D eigenvalue weighted by atomic mass is 10.2. The molecule has 0 aliphatic rings. The molecule has 1 amide bonds. The Morgan fingerprint density at radius 1 is 1.16 bits per heavy atom. The van der Waals surface area contributed by atoms with Gasteiger partial charge in [0.05, 0.1) is 10.8 Å². The lowest BCUT2D eigenvalue weighted by molar-refractivity contribution is -0.120. The number of aromatic nitrogens is 2. The third-order valence-corrected chi connectivity index (χ3v) is 5.22. The van der Waals surface area contributed by atoms with Gasteiger partial charge < -0.3 is 5.32 Å². The zero-order valence-electron chi connectivity index (χ0n) is 14.0. The number of carbonyl (C=O) groups is 1. The van der Waals surface area contributed by atoms with Gasteiger partial charge in [0, 0.05) is 17.0 Å². The summed E-state index contributed by atoms with van der Waals surface area (Å²) in [5.41, 5.74) is 1.79. The first kappa shape index (κ1) is 17.7. The van der Waals surface area contributed by atoms with Crippen molar-refractivity contribution >= 4 is 40.2 Å². The molecule has 1 aromatic heterocycles. The minimum atomic E-state index is -0.278. The van der Waals surface area contributed by atoms with E-state index in [0.717, 1.165) is 21.5 Å². The minimum Gasteiger partial charge on any atom is -0.351 e. The Morgan fingerprint density at radius 3 is 2.68 bits per heavy atom. The van der Waals surface area contributed by atoms with Crippen LogP contribution in [0.2, 0.25) is 5.02 Å². The SMILES string of the molecule is Cc1nc(SC(C)C(=O)NCc2ccccc2Cl)c2ccccc2n1. The maximum absolute atomic E-state index is 12.4. The summed E-state index contributed by atoms with van der Waals surface area (Å²) in [5.74, 6) is 0.648. The summed E-state index contributed by atoms with van der Waals surface area (Å²) >= 11 is 7.56. The van der Waals surface area contributed by atoms with Gasteiger partial charge in [-0.3, -0.25) is 4.79 Å². The van der Waals surface area contributed by atoms with Gasteiger partial charge in [0.25, 0.3) is 0 Å². The molecule has 128 valence electrons. The van der Waals surface area contributed by atoms with Crippen molar-refractivity contribution in [3.05, 3.63) is 64.9 Å². The highest BCUT2D eigenvalue weighted by Gasteiger charge is 2.17. The smallest absolute Gasteiger partial charge is 0.233 e. The van der Waals surface area contributed by atoms with Gasteiger partial charge in [-0.15, -0.1) is 0 Å². The molecule has 0 saturated carbocycles. The number of fused-ring (bicyclic) bond motifs is 1. The monoisotopic (exact) mass is 371 g/mol. The molecule has 0 bridgehead atoms. The van der Waals surface area contributed by atoms with Crippen molar-refractivity contribution in [3.8, 4) is 0 Å². The average molecular weight is 372 g/mol. The Morgan fingerprint density at radius 2 is 1.88 bits per heavy atom. The molecule has 25 heavy (non-hydrogen) atoms. The summed E-state index contributed by atoms with van der Waals surface area (Å²) in [6, 6.07) is 15.3. The number of rotatable bonds is 5. The average Bonchev–Trinajstić information content (AvgIpc) is 2.60. The number of para-hydroxylation sites is 1. The lowest BCUT2D eigenvalue weighted by Crippen LogP contribution is -2.30. The molecule has 2 aromatic carbocycles. The molecule has 1 atom stereocenters. The number of hydrogen-bond acceptors (Lipinski definition) is 4. The Hall–Kier alpha value is -2.11. The molecular formula is C19H18ClN3OS. The lowest BCUT2D eigenvalue weighted by Gasteiger charge is -2.13. The van der Waals surface area contributed by atoms with E-state index >= 15 is 0 Å². The second-order valence-electron chi connectivity index (χ2n) is 5.66. The first-order valence-electron chi connectivity index (χ1n) is 7.96. The van der Waals surface area contributed by atoms with E-state index < -0.39 is 0 Å². The Bertz CT molecular complexity index is 916. The van der Waals surface area contributed by atoms with Crippen LogP contribution in [-0.2, 0) is 11.3 Å². The third-order valence-electron chi connectivity index (χ3n) is 3.75. The molecule has 1 heterocycles. The van der Waals surface area contributed by atoms with Crippen molar-refractivity contribution in [1.82, 2.24) is 15.3 Å². The van der Waals surface area contributed by atoms with E-state index in [9.17, 15) is 4.79 Å². The van der Waals surface area contributed by atoms with Crippen LogP contribution >= 0.6 is 23.4 Å². The summed E-state index contributed by atoms with van der Waals surface area (Å²) in [6.45, 7) is 4.14. The normalized spacial score (nSPS) is 12.1. The molecule has 3 aromatic rings. The van der Waals surface area contributed by atoms with Crippen molar-refractivity contribution < 1.29 is 4.79 Å². The standard InChI is InChI=1S/C19H18ClN3OS/c1-12(18(24)21-11-14-7-3-5-9-16(14)20)25-19-15-8-4-6-10-17(15)22-13(2)23-19/h3-10,12H,11H2,1-2H3,(H,21,24). The Kier molecular flexibility index (Phi) is 5.56. The van der Waals surface area contributed by atoms with E-state index in [2.05, 4.69) is 15.3 Å². The van der Waals surface area contributed by atoms with E-state index in [1.165, 1.54) is 11.8 Å². The fraction of sp³-hybridized carbons (Fsp3) is 0.211. The van der Waals surface area contributed by atoms with Gasteiger partial charge in [0.15, 0.2) is 0 Å². The number of halogens is 1. The highest BCUT2D eigenvalue weighted by Crippen LogP contribution is 2.28. The molecular weight excluding hydrogens is 354 g/mol. The van der Waals surface area contributed by atoms with Crippen LogP contribution in [0.1, 0.15) is 18.3 Å². The predicted molar refractivity (Wildman–Crippen MR) is 103 cm³/mol. The zero-order valence-corrected chi connectivity index (χ0v) is 15.6. The molecule has 0 spiro atoms. The molecule has 6 heteroatoms. The Labute approximate surface area is 156 Å².